The lowest BCUT2D eigenvalue weighted by atomic mass is 10.1. The average molecular weight is 474 g/mol. The van der Waals surface area contributed by atoms with Gasteiger partial charge in [-0.3, -0.25) is 4.99 Å². The summed E-state index contributed by atoms with van der Waals surface area (Å²) in [6, 6.07) is 0.292. The number of hydrogen-bond donors (Lipinski definition) is 2. The van der Waals surface area contributed by atoms with Gasteiger partial charge in [0.15, 0.2) is 5.96 Å². The normalized spacial score (nSPS) is 17.6. The molecule has 0 aliphatic carbocycles. The number of hydrogen-bond acceptors (Lipinski definition) is 3. The molecule has 0 unspecified atom stereocenters. The molecule has 0 aromatic heterocycles. The van der Waals surface area contributed by atoms with E-state index >= 15 is 0 Å². The van der Waals surface area contributed by atoms with E-state index in [-0.39, 0.29) is 29.7 Å². The van der Waals surface area contributed by atoms with Crippen LogP contribution in [-0.4, -0.2) is 57.2 Å². The van der Waals surface area contributed by atoms with E-state index < -0.39 is 10.0 Å². The number of guanidine groups is 1. The first-order chi connectivity index (χ1) is 10.9. The molecule has 1 fully saturated rings. The van der Waals surface area contributed by atoms with Crippen molar-refractivity contribution in [3.63, 3.8) is 0 Å². The van der Waals surface area contributed by atoms with E-state index in [1.54, 1.807) is 18.3 Å². The van der Waals surface area contributed by atoms with Crippen LogP contribution in [0.4, 0.5) is 0 Å². The minimum atomic E-state index is -3.05. The molecule has 0 amide bonds. The number of nitrogens with one attached hydrogen (secondary N) is 2. The summed E-state index contributed by atoms with van der Waals surface area (Å²) in [6.45, 7) is 8.32. The first kappa shape index (κ1) is 23.9. The van der Waals surface area contributed by atoms with Crippen LogP contribution in [0.5, 0.6) is 0 Å². The van der Waals surface area contributed by atoms with E-state index in [0.29, 0.717) is 19.1 Å². The number of nitrogens with zero attached hydrogens (tertiary/aromatic N) is 2. The topological polar surface area (TPSA) is 73.8 Å². The zero-order chi connectivity index (χ0) is 17.3. The highest BCUT2D eigenvalue weighted by Crippen LogP contribution is 2.14. The van der Waals surface area contributed by atoms with Crippen molar-refractivity contribution in [1.82, 2.24) is 14.9 Å². The molecule has 0 aromatic rings. The molecular formula is C16H35IN4O2S. The molecule has 1 aliphatic rings. The Balaban J connectivity index is 0.00000529. The Morgan fingerprint density at radius 1 is 1.25 bits per heavy atom. The highest BCUT2D eigenvalue weighted by molar-refractivity contribution is 14.0. The van der Waals surface area contributed by atoms with Crippen molar-refractivity contribution in [2.24, 2.45) is 10.9 Å². The summed E-state index contributed by atoms with van der Waals surface area (Å²) in [7, 11) is -1.27. The maximum absolute atomic E-state index is 11.9. The second kappa shape index (κ2) is 12.3. The molecule has 2 N–H and O–H groups in total. The second-order valence-electron chi connectivity index (χ2n) is 6.61. The molecule has 0 radical (unpaired) electrons. The molecule has 1 saturated heterocycles. The van der Waals surface area contributed by atoms with Crippen LogP contribution in [0.1, 0.15) is 52.9 Å². The van der Waals surface area contributed by atoms with Crippen LogP contribution in [0, 0.1) is 5.92 Å². The molecule has 6 nitrogen and oxygen atoms in total. The summed E-state index contributed by atoms with van der Waals surface area (Å²) >= 11 is 0. The number of unbranched alkanes of at least 4 members (excludes halogenated alkanes) is 1. The lowest BCUT2D eigenvalue weighted by Crippen LogP contribution is -2.50. The van der Waals surface area contributed by atoms with Crippen LogP contribution in [0.3, 0.4) is 0 Å². The third kappa shape index (κ3) is 8.84. The average Bonchev–Trinajstić information content (AvgIpc) is 2.53. The van der Waals surface area contributed by atoms with Crippen molar-refractivity contribution >= 4 is 40.0 Å². The van der Waals surface area contributed by atoms with Crippen molar-refractivity contribution in [2.75, 3.05) is 32.4 Å². The van der Waals surface area contributed by atoms with Gasteiger partial charge in [-0.05, 0) is 32.1 Å². The minimum absolute atomic E-state index is 0. The van der Waals surface area contributed by atoms with Gasteiger partial charge in [-0.25, -0.2) is 12.7 Å². The molecule has 8 heteroatoms. The maximum atomic E-state index is 11.9. The minimum Gasteiger partial charge on any atom is -0.356 e. The van der Waals surface area contributed by atoms with Crippen LogP contribution in [0.15, 0.2) is 4.99 Å². The van der Waals surface area contributed by atoms with Gasteiger partial charge >= 0.3 is 0 Å². The zero-order valence-electron chi connectivity index (χ0n) is 15.5. The summed E-state index contributed by atoms with van der Waals surface area (Å²) in [4.78, 5) is 4.26. The van der Waals surface area contributed by atoms with Gasteiger partial charge in [-0.2, -0.15) is 0 Å². The quantitative estimate of drug-likeness (QED) is 0.245. The maximum Gasteiger partial charge on any atom is 0.213 e. The van der Waals surface area contributed by atoms with Gasteiger partial charge in [0.05, 0.1) is 5.75 Å². The Hall–Kier alpha value is -0.0900. The smallest absolute Gasteiger partial charge is 0.213 e. The first-order valence-electron chi connectivity index (χ1n) is 8.84. The third-order valence-corrected chi connectivity index (χ3v) is 6.16. The Morgan fingerprint density at radius 3 is 2.38 bits per heavy atom. The van der Waals surface area contributed by atoms with Gasteiger partial charge in [0.2, 0.25) is 10.0 Å². The van der Waals surface area contributed by atoms with Crippen LogP contribution >= 0.6 is 24.0 Å². The number of sulfonamides is 1. The van der Waals surface area contributed by atoms with Crippen molar-refractivity contribution in [2.45, 2.75) is 58.9 Å². The van der Waals surface area contributed by atoms with Crippen LogP contribution in [-0.2, 0) is 10.0 Å². The molecule has 144 valence electrons. The largest absolute Gasteiger partial charge is 0.356 e. The lowest BCUT2D eigenvalue weighted by Gasteiger charge is -2.32. The van der Waals surface area contributed by atoms with Crippen LogP contribution < -0.4 is 10.6 Å². The summed E-state index contributed by atoms with van der Waals surface area (Å²) in [5.41, 5.74) is 0. The Morgan fingerprint density at radius 2 is 1.88 bits per heavy atom. The molecule has 0 bridgehead atoms. The van der Waals surface area contributed by atoms with Crippen molar-refractivity contribution in [1.29, 1.82) is 0 Å². The number of aliphatic imine (C=N–C) groups is 1. The third-order valence-electron chi connectivity index (χ3n) is 4.28. The summed E-state index contributed by atoms with van der Waals surface area (Å²) in [6.07, 6.45) is 5.29. The van der Waals surface area contributed by atoms with Crippen molar-refractivity contribution in [3.8, 4) is 0 Å². The number of rotatable bonds is 8. The molecule has 0 aromatic carbocycles. The Bertz CT molecular complexity index is 461. The van der Waals surface area contributed by atoms with Gasteiger partial charge in [0, 0.05) is 32.7 Å². The Kier molecular flexibility index (Phi) is 12.2. The Labute approximate surface area is 165 Å². The van der Waals surface area contributed by atoms with Crippen molar-refractivity contribution < 1.29 is 8.42 Å². The zero-order valence-corrected chi connectivity index (χ0v) is 18.7. The van der Waals surface area contributed by atoms with E-state index in [4.69, 9.17) is 0 Å². The fourth-order valence-corrected chi connectivity index (χ4v) is 3.87. The van der Waals surface area contributed by atoms with E-state index in [1.165, 1.54) is 12.8 Å². The standard InChI is InChI=1S/C16H34N4O2S.HI/c1-5-23(21,22)20-12-9-15(10-13-20)19-16(17-4)18-11-7-6-8-14(2)3;/h14-15H,5-13H2,1-4H3,(H2,17,18,19);1H. The van der Waals surface area contributed by atoms with Gasteiger partial charge in [0.1, 0.15) is 0 Å². The molecule has 0 saturated carbocycles. The van der Waals surface area contributed by atoms with Gasteiger partial charge in [-0.1, -0.05) is 26.7 Å². The predicted molar refractivity (Wildman–Crippen MR) is 113 cm³/mol. The van der Waals surface area contributed by atoms with Gasteiger partial charge in [0.25, 0.3) is 0 Å². The number of halogens is 1. The van der Waals surface area contributed by atoms with E-state index in [9.17, 15) is 8.42 Å². The van der Waals surface area contributed by atoms with E-state index in [1.807, 2.05) is 0 Å². The van der Waals surface area contributed by atoms with E-state index in [2.05, 4.69) is 29.5 Å². The van der Waals surface area contributed by atoms with Gasteiger partial charge < -0.3 is 10.6 Å². The van der Waals surface area contributed by atoms with E-state index in [0.717, 1.165) is 37.7 Å². The lowest BCUT2D eigenvalue weighted by molar-refractivity contribution is 0.306. The molecule has 24 heavy (non-hydrogen) atoms. The monoisotopic (exact) mass is 474 g/mol. The summed E-state index contributed by atoms with van der Waals surface area (Å²) in [5, 5.41) is 6.76. The highest BCUT2D eigenvalue weighted by atomic mass is 127. The van der Waals surface area contributed by atoms with Crippen LogP contribution in [0.2, 0.25) is 0 Å². The molecule has 1 rings (SSSR count). The first-order valence-corrected chi connectivity index (χ1v) is 10.4. The fourth-order valence-electron chi connectivity index (χ4n) is 2.73. The predicted octanol–water partition coefficient (Wildman–Crippen LogP) is 2.41. The molecular weight excluding hydrogens is 439 g/mol. The number of piperidine rings is 1. The highest BCUT2D eigenvalue weighted by Gasteiger charge is 2.26. The fraction of sp³-hybridized carbons (Fsp3) is 0.938. The summed E-state index contributed by atoms with van der Waals surface area (Å²) < 4.78 is 25.3. The molecule has 0 atom stereocenters. The van der Waals surface area contributed by atoms with Crippen molar-refractivity contribution in [3.05, 3.63) is 0 Å². The van der Waals surface area contributed by atoms with Gasteiger partial charge in [-0.15, -0.1) is 24.0 Å². The second-order valence-corrected chi connectivity index (χ2v) is 8.86. The molecule has 1 heterocycles. The summed E-state index contributed by atoms with van der Waals surface area (Å²) in [5.74, 6) is 1.77. The molecule has 0 spiro atoms. The molecule has 1 aliphatic heterocycles. The van der Waals surface area contributed by atoms with Crippen LogP contribution in [0.25, 0.3) is 0 Å². The SMILES string of the molecule is CCS(=O)(=O)N1CCC(NC(=NC)NCCCCC(C)C)CC1.I.